The van der Waals surface area contributed by atoms with Crippen LogP contribution < -0.4 is 9.46 Å². The monoisotopic (exact) mass is 395 g/mol. The summed E-state index contributed by atoms with van der Waals surface area (Å²) >= 11 is 0. The van der Waals surface area contributed by atoms with E-state index in [1.807, 2.05) is 18.2 Å². The first-order valence-electron chi connectivity index (χ1n) is 8.66. The highest BCUT2D eigenvalue weighted by Gasteiger charge is 2.30. The summed E-state index contributed by atoms with van der Waals surface area (Å²) < 4.78 is 33.6. The van der Waals surface area contributed by atoms with E-state index < -0.39 is 15.6 Å². The van der Waals surface area contributed by atoms with E-state index in [9.17, 15) is 13.5 Å². The Balaban J connectivity index is 1.90. The Kier molecular flexibility index (Phi) is 5.82. The predicted molar refractivity (Wildman–Crippen MR) is 110 cm³/mol. The van der Waals surface area contributed by atoms with Gasteiger partial charge >= 0.3 is 0 Å². The molecule has 0 aromatic heterocycles. The lowest BCUT2D eigenvalue weighted by Crippen LogP contribution is -2.32. The Morgan fingerprint density at radius 2 is 1.50 bits per heavy atom. The molecule has 0 saturated heterocycles. The standard InChI is InChI=1S/C22H21NO4S/c1-2-22(24,17-27-18-11-5-3-6-12-18)20-15-9-10-16-21(20)23-28(25,26)19-13-7-4-8-14-19/h2-16,23-24H,1,17H2. The van der Waals surface area contributed by atoms with Crippen LogP contribution in [0.25, 0.3) is 0 Å². The summed E-state index contributed by atoms with van der Waals surface area (Å²) in [5, 5.41) is 11.1. The molecule has 1 unspecified atom stereocenters. The summed E-state index contributed by atoms with van der Waals surface area (Å²) in [5.74, 6) is 0.588. The maximum atomic E-state index is 12.7. The van der Waals surface area contributed by atoms with Crippen molar-refractivity contribution in [2.75, 3.05) is 11.3 Å². The minimum atomic E-state index is -3.81. The van der Waals surface area contributed by atoms with Crippen LogP contribution in [-0.2, 0) is 15.6 Å². The molecule has 6 heteroatoms. The molecule has 0 fully saturated rings. The van der Waals surface area contributed by atoms with E-state index in [4.69, 9.17) is 4.74 Å². The lowest BCUT2D eigenvalue weighted by atomic mass is 9.93. The van der Waals surface area contributed by atoms with Crippen LogP contribution >= 0.6 is 0 Å². The molecule has 0 saturated carbocycles. The van der Waals surface area contributed by atoms with E-state index in [1.165, 1.54) is 18.2 Å². The van der Waals surface area contributed by atoms with E-state index in [0.717, 1.165) is 0 Å². The van der Waals surface area contributed by atoms with Crippen molar-refractivity contribution in [1.29, 1.82) is 0 Å². The van der Waals surface area contributed by atoms with Gasteiger partial charge in [0.15, 0.2) is 0 Å². The molecule has 0 aliphatic rings. The minimum absolute atomic E-state index is 0.120. The van der Waals surface area contributed by atoms with Crippen molar-refractivity contribution in [1.82, 2.24) is 0 Å². The van der Waals surface area contributed by atoms with E-state index in [1.54, 1.807) is 54.6 Å². The van der Waals surface area contributed by atoms with E-state index in [2.05, 4.69) is 11.3 Å². The number of aliphatic hydroxyl groups is 1. The number of ether oxygens (including phenoxy) is 1. The van der Waals surface area contributed by atoms with Crippen LogP contribution in [0, 0.1) is 0 Å². The molecule has 0 heterocycles. The van der Waals surface area contributed by atoms with E-state index >= 15 is 0 Å². The van der Waals surface area contributed by atoms with Gasteiger partial charge in [0.1, 0.15) is 18.0 Å². The van der Waals surface area contributed by atoms with Gasteiger partial charge in [-0.25, -0.2) is 8.42 Å². The number of hydrogen-bond acceptors (Lipinski definition) is 4. The Bertz CT molecular complexity index is 1040. The van der Waals surface area contributed by atoms with E-state index in [-0.39, 0.29) is 17.2 Å². The second-order valence-corrected chi connectivity index (χ2v) is 7.88. The van der Waals surface area contributed by atoms with Gasteiger partial charge in [0, 0.05) is 5.56 Å². The van der Waals surface area contributed by atoms with Crippen LogP contribution in [0.3, 0.4) is 0 Å². The number of anilines is 1. The lowest BCUT2D eigenvalue weighted by molar-refractivity contribution is 0.0357. The van der Waals surface area contributed by atoms with Gasteiger partial charge in [0.05, 0.1) is 10.6 Å². The number of para-hydroxylation sites is 2. The van der Waals surface area contributed by atoms with Gasteiger partial charge in [0.25, 0.3) is 10.0 Å². The largest absolute Gasteiger partial charge is 0.490 e. The number of benzene rings is 3. The molecule has 3 aromatic carbocycles. The van der Waals surface area contributed by atoms with E-state index in [0.29, 0.717) is 11.3 Å². The van der Waals surface area contributed by atoms with Crippen molar-refractivity contribution in [2.24, 2.45) is 0 Å². The molecule has 0 aliphatic carbocycles. The highest BCUT2D eigenvalue weighted by Crippen LogP contribution is 2.31. The minimum Gasteiger partial charge on any atom is -0.490 e. The third-order valence-electron chi connectivity index (χ3n) is 4.23. The van der Waals surface area contributed by atoms with Gasteiger partial charge in [-0.05, 0) is 30.3 Å². The lowest BCUT2D eigenvalue weighted by Gasteiger charge is -2.27. The summed E-state index contributed by atoms with van der Waals surface area (Å²) in [7, 11) is -3.81. The third-order valence-corrected chi connectivity index (χ3v) is 5.61. The molecule has 2 N–H and O–H groups in total. The van der Waals surface area contributed by atoms with Gasteiger partial charge in [-0.2, -0.15) is 0 Å². The second-order valence-electron chi connectivity index (χ2n) is 6.19. The quantitative estimate of drug-likeness (QED) is 0.567. The molecule has 0 spiro atoms. The first kappa shape index (κ1) is 19.7. The van der Waals surface area contributed by atoms with Crippen LogP contribution in [-0.4, -0.2) is 20.1 Å². The molecule has 0 aliphatic heterocycles. The van der Waals surface area contributed by atoms with Gasteiger partial charge in [-0.15, -0.1) is 0 Å². The first-order chi connectivity index (χ1) is 13.4. The smallest absolute Gasteiger partial charge is 0.261 e. The number of nitrogens with one attached hydrogen (secondary N) is 1. The summed E-state index contributed by atoms with van der Waals surface area (Å²) in [6.07, 6.45) is 1.34. The van der Waals surface area contributed by atoms with Gasteiger partial charge in [-0.3, -0.25) is 4.72 Å². The molecule has 1 atom stereocenters. The average molecular weight is 395 g/mol. The van der Waals surface area contributed by atoms with Crippen LogP contribution in [0.4, 0.5) is 5.69 Å². The topological polar surface area (TPSA) is 75.6 Å². The predicted octanol–water partition coefficient (Wildman–Crippen LogP) is 3.94. The average Bonchev–Trinajstić information content (AvgIpc) is 2.73. The van der Waals surface area contributed by atoms with Gasteiger partial charge in [0.2, 0.25) is 0 Å². The van der Waals surface area contributed by atoms with Gasteiger partial charge < -0.3 is 9.84 Å². The molecule has 3 rings (SSSR count). The van der Waals surface area contributed by atoms with Gasteiger partial charge in [-0.1, -0.05) is 67.3 Å². The molecular formula is C22H21NO4S. The maximum Gasteiger partial charge on any atom is 0.261 e. The molecule has 144 valence electrons. The normalized spacial score (nSPS) is 13.3. The SMILES string of the molecule is C=CC(O)(COc1ccccc1)c1ccccc1NS(=O)(=O)c1ccccc1. The summed E-state index contributed by atoms with van der Waals surface area (Å²) in [4.78, 5) is 0.132. The fraction of sp³-hybridized carbons (Fsp3) is 0.0909. The Labute approximate surface area is 165 Å². The van der Waals surface area contributed by atoms with Crippen molar-refractivity contribution >= 4 is 15.7 Å². The molecule has 0 radical (unpaired) electrons. The van der Waals surface area contributed by atoms with Crippen molar-refractivity contribution in [3.8, 4) is 5.75 Å². The van der Waals surface area contributed by atoms with Crippen LogP contribution in [0.5, 0.6) is 5.75 Å². The van der Waals surface area contributed by atoms with Crippen LogP contribution in [0.2, 0.25) is 0 Å². The molecule has 3 aromatic rings. The third kappa shape index (κ3) is 4.42. The Morgan fingerprint density at radius 1 is 0.929 bits per heavy atom. The zero-order valence-electron chi connectivity index (χ0n) is 15.2. The maximum absolute atomic E-state index is 12.7. The highest BCUT2D eigenvalue weighted by atomic mass is 32.2. The summed E-state index contributed by atoms with van der Waals surface area (Å²) in [6.45, 7) is 3.59. The highest BCUT2D eigenvalue weighted by molar-refractivity contribution is 7.92. The van der Waals surface area contributed by atoms with Crippen LogP contribution in [0.15, 0.2) is 102 Å². The van der Waals surface area contributed by atoms with Crippen LogP contribution in [0.1, 0.15) is 5.56 Å². The molecule has 5 nitrogen and oxygen atoms in total. The fourth-order valence-electron chi connectivity index (χ4n) is 2.71. The van der Waals surface area contributed by atoms with Crippen molar-refractivity contribution in [3.05, 3.63) is 103 Å². The Morgan fingerprint density at radius 3 is 2.14 bits per heavy atom. The van der Waals surface area contributed by atoms with Crippen molar-refractivity contribution in [3.63, 3.8) is 0 Å². The Hall–Kier alpha value is -3.09. The number of hydrogen-bond donors (Lipinski definition) is 2. The molecule has 0 amide bonds. The first-order valence-corrected chi connectivity index (χ1v) is 10.1. The number of rotatable bonds is 8. The second kappa shape index (κ2) is 8.29. The van der Waals surface area contributed by atoms with Crippen molar-refractivity contribution in [2.45, 2.75) is 10.5 Å². The zero-order valence-corrected chi connectivity index (χ0v) is 16.0. The summed E-state index contributed by atoms with van der Waals surface area (Å²) in [5.41, 5.74) is -0.989. The molecule has 0 bridgehead atoms. The molecule has 28 heavy (non-hydrogen) atoms. The molecular weight excluding hydrogens is 374 g/mol. The van der Waals surface area contributed by atoms with Crippen molar-refractivity contribution < 1.29 is 18.3 Å². The number of sulfonamides is 1. The summed E-state index contributed by atoms with van der Waals surface area (Å²) in [6, 6.07) is 23.7. The zero-order chi connectivity index (χ0) is 20.0. The fourth-order valence-corrected chi connectivity index (χ4v) is 3.81.